The maximum atomic E-state index is 13.5. The third kappa shape index (κ3) is 3.92. The molecule has 0 aromatic heterocycles. The van der Waals surface area contributed by atoms with Crippen LogP contribution in [0.3, 0.4) is 0 Å². The minimum absolute atomic E-state index is 0.110. The van der Waals surface area contributed by atoms with Crippen molar-refractivity contribution in [2.45, 2.75) is 13.3 Å². The molecule has 110 valence electrons. The molecule has 3 N–H and O–H groups in total. The molecule has 20 heavy (non-hydrogen) atoms. The zero-order chi connectivity index (χ0) is 15.1. The number of aliphatic hydroxyl groups excluding tert-OH is 1. The first-order valence-corrected chi connectivity index (χ1v) is 6.19. The molecule has 1 rings (SSSR count). The Morgan fingerprint density at radius 1 is 1.35 bits per heavy atom. The van der Waals surface area contributed by atoms with Gasteiger partial charge in [-0.15, -0.1) is 0 Å². The van der Waals surface area contributed by atoms with Crippen LogP contribution in [0.2, 0.25) is 0 Å². The summed E-state index contributed by atoms with van der Waals surface area (Å²) in [4.78, 5) is 24.3. The molecule has 0 aliphatic rings. The molecular formula is C13H17FN2O4. The molecule has 7 heteroatoms. The van der Waals surface area contributed by atoms with Gasteiger partial charge < -0.3 is 20.4 Å². The first kappa shape index (κ1) is 15.9. The lowest BCUT2D eigenvalue weighted by Crippen LogP contribution is -2.38. The Balaban J connectivity index is 2.94. The molecule has 0 bridgehead atoms. The fraction of sp³-hybridized carbons (Fsp3) is 0.385. The second-order valence-corrected chi connectivity index (χ2v) is 4.11. The highest BCUT2D eigenvalue weighted by Crippen LogP contribution is 2.19. The van der Waals surface area contributed by atoms with Gasteiger partial charge in [0, 0.05) is 13.1 Å². The van der Waals surface area contributed by atoms with Crippen molar-refractivity contribution in [3.63, 3.8) is 0 Å². The second-order valence-electron chi connectivity index (χ2n) is 4.11. The molecule has 1 aromatic rings. The SMILES string of the molecule is CCCN(CCO)C(=O)Nc1cccc(F)c1C(=O)O. The van der Waals surface area contributed by atoms with Crippen molar-refractivity contribution in [1.29, 1.82) is 0 Å². The van der Waals surface area contributed by atoms with Gasteiger partial charge in [0.25, 0.3) is 0 Å². The van der Waals surface area contributed by atoms with Crippen LogP contribution in [0.5, 0.6) is 0 Å². The number of carboxylic acid groups (broad SMARTS) is 1. The molecule has 0 heterocycles. The molecule has 0 spiro atoms. The van der Waals surface area contributed by atoms with E-state index in [1.54, 1.807) is 0 Å². The quantitative estimate of drug-likeness (QED) is 0.742. The summed E-state index contributed by atoms with van der Waals surface area (Å²) in [6.45, 7) is 2.19. The maximum absolute atomic E-state index is 13.5. The smallest absolute Gasteiger partial charge is 0.340 e. The van der Waals surface area contributed by atoms with E-state index in [1.165, 1.54) is 17.0 Å². The van der Waals surface area contributed by atoms with Crippen LogP contribution in [-0.4, -0.2) is 46.8 Å². The summed E-state index contributed by atoms with van der Waals surface area (Å²) in [5.74, 6) is -2.37. The normalized spacial score (nSPS) is 10.2. The number of rotatable bonds is 6. The van der Waals surface area contributed by atoms with Gasteiger partial charge in [-0.3, -0.25) is 0 Å². The monoisotopic (exact) mass is 284 g/mol. The molecule has 0 fully saturated rings. The molecule has 0 atom stereocenters. The van der Waals surface area contributed by atoms with Gasteiger partial charge in [-0.25, -0.2) is 14.0 Å². The van der Waals surface area contributed by atoms with Gasteiger partial charge in [0.15, 0.2) is 0 Å². The number of hydrogen-bond donors (Lipinski definition) is 3. The van der Waals surface area contributed by atoms with Crippen LogP contribution < -0.4 is 5.32 Å². The first-order valence-electron chi connectivity index (χ1n) is 6.19. The molecule has 0 saturated carbocycles. The van der Waals surface area contributed by atoms with Crippen LogP contribution in [0.15, 0.2) is 18.2 Å². The number of carbonyl (C=O) groups excluding carboxylic acids is 1. The van der Waals surface area contributed by atoms with Gasteiger partial charge in [0.05, 0.1) is 12.3 Å². The lowest BCUT2D eigenvalue weighted by molar-refractivity contribution is 0.0693. The fourth-order valence-electron chi connectivity index (χ4n) is 1.75. The number of carboxylic acids is 1. The maximum Gasteiger partial charge on any atom is 0.340 e. The van der Waals surface area contributed by atoms with Gasteiger partial charge in [-0.2, -0.15) is 0 Å². The van der Waals surface area contributed by atoms with Gasteiger partial charge in [0.1, 0.15) is 11.4 Å². The van der Waals surface area contributed by atoms with Gasteiger partial charge in [-0.05, 0) is 18.6 Å². The van der Waals surface area contributed by atoms with E-state index in [-0.39, 0.29) is 18.8 Å². The molecule has 1 aromatic carbocycles. The summed E-state index contributed by atoms with van der Waals surface area (Å²) in [6.07, 6.45) is 0.683. The molecule has 0 aliphatic heterocycles. The number of urea groups is 1. The van der Waals surface area contributed by atoms with E-state index >= 15 is 0 Å². The van der Waals surface area contributed by atoms with Crippen LogP contribution in [0.1, 0.15) is 23.7 Å². The zero-order valence-electron chi connectivity index (χ0n) is 11.1. The first-order chi connectivity index (χ1) is 9.51. The van der Waals surface area contributed by atoms with E-state index in [4.69, 9.17) is 10.2 Å². The minimum Gasteiger partial charge on any atom is -0.478 e. The average molecular weight is 284 g/mol. The summed E-state index contributed by atoms with van der Waals surface area (Å²) in [7, 11) is 0. The van der Waals surface area contributed by atoms with E-state index < -0.39 is 23.4 Å². The van der Waals surface area contributed by atoms with Crippen LogP contribution >= 0.6 is 0 Å². The number of halogens is 1. The predicted octanol–water partition coefficient (Wildman–Crippen LogP) is 1.76. The van der Waals surface area contributed by atoms with Gasteiger partial charge in [0.2, 0.25) is 0 Å². The highest BCUT2D eigenvalue weighted by atomic mass is 19.1. The third-order valence-corrected chi connectivity index (χ3v) is 2.62. The standard InChI is InChI=1S/C13H17FN2O4/c1-2-6-16(7-8-17)13(20)15-10-5-3-4-9(14)11(10)12(18)19/h3-5,17H,2,6-8H2,1H3,(H,15,20)(H,18,19). The molecule has 2 amide bonds. The number of aromatic carboxylic acids is 1. The minimum atomic E-state index is -1.46. The molecule has 0 aliphatic carbocycles. The van der Waals surface area contributed by atoms with Gasteiger partial charge in [-0.1, -0.05) is 13.0 Å². The Bertz CT molecular complexity index is 487. The Morgan fingerprint density at radius 3 is 2.60 bits per heavy atom. The lowest BCUT2D eigenvalue weighted by atomic mass is 10.1. The van der Waals surface area contributed by atoms with Crippen molar-refractivity contribution >= 4 is 17.7 Å². The average Bonchev–Trinajstić information content (AvgIpc) is 2.38. The summed E-state index contributed by atoms with van der Waals surface area (Å²) in [6, 6.07) is 3.06. The number of nitrogens with one attached hydrogen (secondary N) is 1. The topological polar surface area (TPSA) is 89.9 Å². The third-order valence-electron chi connectivity index (χ3n) is 2.62. The number of benzene rings is 1. The van der Waals surface area contributed by atoms with Crippen LogP contribution in [0, 0.1) is 5.82 Å². The number of hydrogen-bond acceptors (Lipinski definition) is 3. The highest BCUT2D eigenvalue weighted by Gasteiger charge is 2.19. The van der Waals surface area contributed by atoms with Crippen molar-refractivity contribution in [1.82, 2.24) is 4.90 Å². The van der Waals surface area contributed by atoms with E-state index in [2.05, 4.69) is 5.32 Å². The van der Waals surface area contributed by atoms with E-state index in [0.717, 1.165) is 6.07 Å². The molecule has 6 nitrogen and oxygen atoms in total. The Hall–Kier alpha value is -2.15. The van der Waals surface area contributed by atoms with Crippen LogP contribution in [0.4, 0.5) is 14.9 Å². The molecule has 0 radical (unpaired) electrons. The summed E-state index contributed by atoms with van der Waals surface area (Å²) in [5, 5.41) is 20.2. The van der Waals surface area contributed by atoms with Crippen molar-refractivity contribution < 1.29 is 24.2 Å². The number of anilines is 1. The van der Waals surface area contributed by atoms with E-state index in [9.17, 15) is 14.0 Å². The predicted molar refractivity (Wildman–Crippen MR) is 71.3 cm³/mol. The van der Waals surface area contributed by atoms with Crippen molar-refractivity contribution in [3.05, 3.63) is 29.6 Å². The number of aliphatic hydroxyl groups is 1. The fourth-order valence-corrected chi connectivity index (χ4v) is 1.75. The van der Waals surface area contributed by atoms with E-state index in [0.29, 0.717) is 13.0 Å². The van der Waals surface area contributed by atoms with E-state index in [1.807, 2.05) is 6.92 Å². The Morgan fingerprint density at radius 2 is 2.05 bits per heavy atom. The molecule has 0 unspecified atom stereocenters. The molecular weight excluding hydrogens is 267 g/mol. The summed E-state index contributed by atoms with van der Waals surface area (Å²) in [5.41, 5.74) is -0.692. The Labute approximate surface area is 115 Å². The lowest BCUT2D eigenvalue weighted by Gasteiger charge is -2.22. The summed E-state index contributed by atoms with van der Waals surface area (Å²) < 4.78 is 13.5. The van der Waals surface area contributed by atoms with Crippen molar-refractivity contribution in [2.75, 3.05) is 25.0 Å². The van der Waals surface area contributed by atoms with Crippen LogP contribution in [0.25, 0.3) is 0 Å². The highest BCUT2D eigenvalue weighted by molar-refractivity contribution is 6.00. The second kappa shape index (κ2) is 7.44. The van der Waals surface area contributed by atoms with Crippen molar-refractivity contribution in [2.24, 2.45) is 0 Å². The number of amides is 2. The molecule has 0 saturated heterocycles. The largest absolute Gasteiger partial charge is 0.478 e. The van der Waals surface area contributed by atoms with Gasteiger partial charge >= 0.3 is 12.0 Å². The number of carbonyl (C=O) groups is 2. The Kier molecular flexibility index (Phi) is 5.92. The number of nitrogens with zero attached hydrogens (tertiary/aromatic N) is 1. The van der Waals surface area contributed by atoms with Crippen LogP contribution in [-0.2, 0) is 0 Å². The summed E-state index contributed by atoms with van der Waals surface area (Å²) >= 11 is 0. The zero-order valence-corrected chi connectivity index (χ0v) is 11.1. The van der Waals surface area contributed by atoms with Crippen molar-refractivity contribution in [3.8, 4) is 0 Å².